The first-order chi connectivity index (χ1) is 26.7. The second-order valence-corrected chi connectivity index (χ2v) is 14.9. The Morgan fingerprint density at radius 1 is 0.500 bits per heavy atom. The molecule has 0 atom stereocenters. The van der Waals surface area contributed by atoms with Crippen molar-refractivity contribution in [1.29, 1.82) is 0 Å². The van der Waals surface area contributed by atoms with Gasteiger partial charge in [0, 0.05) is 39.5 Å². The Bertz CT molecular complexity index is 2750. The summed E-state index contributed by atoms with van der Waals surface area (Å²) in [5.41, 5.74) is 13.1. The maximum Gasteiger partial charge on any atom is 0.138 e. The van der Waals surface area contributed by atoms with Gasteiger partial charge >= 0.3 is 0 Å². The number of hydrogen-bond donors (Lipinski definition) is 0. The largest absolute Gasteiger partial charge is 0.355 e. The van der Waals surface area contributed by atoms with Gasteiger partial charge in [-0.15, -0.1) is 0 Å². The van der Waals surface area contributed by atoms with E-state index in [-0.39, 0.29) is 0 Å². The molecule has 1 aliphatic rings. The topological polar surface area (TPSA) is 24.3 Å². The van der Waals surface area contributed by atoms with Crippen LogP contribution in [0, 0.1) is 0 Å². The minimum Gasteiger partial charge on any atom is -0.355 e. The molecule has 0 saturated heterocycles. The number of para-hydroxylation sites is 3. The molecule has 0 unspecified atom stereocenters. The molecule has 0 bridgehead atoms. The zero-order valence-corrected chi connectivity index (χ0v) is 30.6. The van der Waals surface area contributed by atoms with Crippen molar-refractivity contribution in [2.75, 3.05) is 23.5 Å². The van der Waals surface area contributed by atoms with Crippen LogP contribution in [0.15, 0.2) is 198 Å². The number of rotatable bonds is 7. The summed E-state index contributed by atoms with van der Waals surface area (Å²) in [6, 6.07) is 65.4. The molecule has 0 spiro atoms. The van der Waals surface area contributed by atoms with Gasteiger partial charge in [0.15, 0.2) is 0 Å². The van der Waals surface area contributed by atoms with E-state index >= 15 is 0 Å². The van der Waals surface area contributed by atoms with E-state index in [0.29, 0.717) is 0 Å². The molecule has 258 valence electrons. The number of hydrogen-bond acceptors (Lipinski definition) is 4. The molecule has 0 N–H and O–H groups in total. The van der Waals surface area contributed by atoms with Crippen molar-refractivity contribution in [2.45, 2.75) is 9.79 Å². The van der Waals surface area contributed by atoms with E-state index in [2.05, 4.69) is 203 Å². The van der Waals surface area contributed by atoms with Crippen LogP contribution in [0.5, 0.6) is 0 Å². The number of nitrogens with zero attached hydrogens (tertiary/aromatic N) is 4. The minimum absolute atomic E-state index is 0.828. The Labute approximate surface area is 319 Å². The van der Waals surface area contributed by atoms with Crippen molar-refractivity contribution < 1.29 is 0 Å². The van der Waals surface area contributed by atoms with Crippen molar-refractivity contribution in [3.05, 3.63) is 188 Å². The van der Waals surface area contributed by atoms with Gasteiger partial charge in [-0.05, 0) is 94.0 Å². The molecule has 2 aromatic heterocycles. The highest BCUT2D eigenvalue weighted by Crippen LogP contribution is 2.43. The van der Waals surface area contributed by atoms with E-state index in [1.54, 1.807) is 11.8 Å². The third-order valence-electron chi connectivity index (χ3n) is 10.4. The molecule has 4 nitrogen and oxygen atoms in total. The van der Waals surface area contributed by atoms with Crippen molar-refractivity contribution in [1.82, 2.24) is 9.55 Å². The zero-order valence-electron chi connectivity index (χ0n) is 29.8. The maximum absolute atomic E-state index is 5.05. The van der Waals surface area contributed by atoms with Crippen molar-refractivity contribution in [3.63, 3.8) is 0 Å². The summed E-state index contributed by atoms with van der Waals surface area (Å²) in [6.07, 6.45) is 1.96. The average Bonchev–Trinajstić information content (AvgIpc) is 3.75. The fraction of sp³-hybridized carbons (Fsp3) is 0.0408. The van der Waals surface area contributed by atoms with E-state index in [0.717, 1.165) is 29.1 Å². The average molecular weight is 713 g/mol. The molecular formula is C49H36N4S. The number of benzene rings is 7. The van der Waals surface area contributed by atoms with Crippen LogP contribution < -0.4 is 9.80 Å². The van der Waals surface area contributed by atoms with Crippen molar-refractivity contribution in [2.24, 2.45) is 0 Å². The molecule has 1 aliphatic heterocycles. The highest BCUT2D eigenvalue weighted by atomic mass is 32.2. The van der Waals surface area contributed by atoms with Gasteiger partial charge in [-0.25, -0.2) is 4.98 Å². The van der Waals surface area contributed by atoms with E-state index < -0.39 is 0 Å². The fourth-order valence-electron chi connectivity index (χ4n) is 7.99. The lowest BCUT2D eigenvalue weighted by Gasteiger charge is -2.20. The number of pyridine rings is 1. The first-order valence-corrected chi connectivity index (χ1v) is 19.1. The maximum atomic E-state index is 5.05. The molecule has 0 radical (unpaired) electrons. The van der Waals surface area contributed by atoms with E-state index in [4.69, 9.17) is 4.98 Å². The van der Waals surface area contributed by atoms with Crippen LogP contribution >= 0.6 is 11.8 Å². The third kappa shape index (κ3) is 5.61. The Hall–Kier alpha value is -6.56. The molecule has 0 fully saturated rings. The van der Waals surface area contributed by atoms with Gasteiger partial charge in [0.25, 0.3) is 0 Å². The van der Waals surface area contributed by atoms with Crippen molar-refractivity contribution >= 4 is 50.6 Å². The Kier molecular flexibility index (Phi) is 8.00. The Balaban J connectivity index is 1.09. The number of fused-ring (bicyclic) bond motifs is 4. The molecule has 9 aromatic rings. The summed E-state index contributed by atoms with van der Waals surface area (Å²) in [5, 5.41) is 2.42. The fourth-order valence-corrected chi connectivity index (χ4v) is 8.89. The third-order valence-corrected chi connectivity index (χ3v) is 11.4. The van der Waals surface area contributed by atoms with Gasteiger partial charge < -0.3 is 9.80 Å². The summed E-state index contributed by atoms with van der Waals surface area (Å²) >= 11 is 1.80. The van der Waals surface area contributed by atoms with E-state index in [9.17, 15) is 0 Å². The van der Waals surface area contributed by atoms with Crippen LogP contribution in [0.25, 0.3) is 61.0 Å². The molecule has 0 amide bonds. The van der Waals surface area contributed by atoms with Gasteiger partial charge in [0.2, 0.25) is 0 Å². The Morgan fingerprint density at radius 2 is 1.15 bits per heavy atom. The van der Waals surface area contributed by atoms with Crippen molar-refractivity contribution in [3.8, 4) is 39.2 Å². The van der Waals surface area contributed by atoms with Gasteiger partial charge in [0.1, 0.15) is 5.82 Å². The summed E-state index contributed by atoms with van der Waals surface area (Å²) in [4.78, 5) is 12.1. The normalized spacial score (nSPS) is 12.5. The predicted octanol–water partition coefficient (Wildman–Crippen LogP) is 12.9. The molecule has 10 rings (SSSR count). The van der Waals surface area contributed by atoms with Gasteiger partial charge in [-0.1, -0.05) is 133 Å². The summed E-state index contributed by atoms with van der Waals surface area (Å²) in [6.45, 7) is 0.828. The quantitative estimate of drug-likeness (QED) is 0.164. The lowest BCUT2D eigenvalue weighted by Crippen LogP contribution is -2.23. The molecule has 54 heavy (non-hydrogen) atoms. The Morgan fingerprint density at radius 3 is 1.93 bits per heavy atom. The lowest BCUT2D eigenvalue weighted by atomic mass is 9.88. The van der Waals surface area contributed by atoms with Crippen LogP contribution in [-0.4, -0.2) is 23.3 Å². The molecular weight excluding hydrogens is 677 g/mol. The molecule has 3 heterocycles. The first-order valence-electron chi connectivity index (χ1n) is 18.3. The number of aromatic nitrogens is 2. The zero-order chi connectivity index (χ0) is 36.0. The summed E-state index contributed by atoms with van der Waals surface area (Å²) in [5.74, 6) is 0.890. The second kappa shape index (κ2) is 13.4. The summed E-state index contributed by atoms with van der Waals surface area (Å²) in [7, 11) is 2.15. The summed E-state index contributed by atoms with van der Waals surface area (Å²) < 4.78 is 2.33. The van der Waals surface area contributed by atoms with E-state index in [1.807, 2.05) is 6.20 Å². The van der Waals surface area contributed by atoms with E-state index in [1.165, 1.54) is 65.4 Å². The minimum atomic E-state index is 0.828. The monoisotopic (exact) mass is 712 g/mol. The van der Waals surface area contributed by atoms with Crippen LogP contribution in [0.3, 0.4) is 0 Å². The smallest absolute Gasteiger partial charge is 0.138 e. The lowest BCUT2D eigenvalue weighted by molar-refractivity contribution is 0.948. The van der Waals surface area contributed by atoms with Crippen LogP contribution in [0.2, 0.25) is 0 Å². The van der Waals surface area contributed by atoms with Gasteiger partial charge in [-0.3, -0.25) is 4.57 Å². The standard InChI is InChI=1S/C49H36N4S/c1-51-33-52(46-25-11-10-24-45(46)51)37-18-12-19-38(31-37)54-39-26-27-43-42-20-8-9-23-44(42)53(47(43)32-39)48-30-36(28-29-50-48)49-40(34-14-4-2-5-15-34)21-13-22-41(49)35-16-6-3-7-17-35/h2-32H,33H2,1H3. The second-order valence-electron chi connectivity index (χ2n) is 13.7. The van der Waals surface area contributed by atoms with Gasteiger partial charge in [-0.2, -0.15) is 0 Å². The first kappa shape index (κ1) is 32.1. The van der Waals surface area contributed by atoms with Crippen LogP contribution in [0.1, 0.15) is 0 Å². The number of anilines is 3. The molecule has 0 saturated carbocycles. The molecule has 7 aromatic carbocycles. The highest BCUT2D eigenvalue weighted by molar-refractivity contribution is 7.99. The predicted molar refractivity (Wildman–Crippen MR) is 227 cm³/mol. The SMILES string of the molecule is CN1CN(c2cccc(Sc3ccc4c5ccccc5n(-c5cc(-c6c(-c7ccccc7)cccc6-c6ccccc6)ccn5)c4c3)c2)c2ccccc21. The van der Waals surface area contributed by atoms with Gasteiger partial charge in [0.05, 0.1) is 29.1 Å². The van der Waals surface area contributed by atoms with Crippen LogP contribution in [-0.2, 0) is 0 Å². The molecule has 0 aliphatic carbocycles. The highest BCUT2D eigenvalue weighted by Gasteiger charge is 2.24. The van der Waals surface area contributed by atoms with Crippen LogP contribution in [0.4, 0.5) is 17.1 Å². The molecule has 5 heteroatoms.